The summed E-state index contributed by atoms with van der Waals surface area (Å²) in [4.78, 5) is 0. The van der Waals surface area contributed by atoms with Gasteiger partial charge >= 0.3 is 0 Å². The van der Waals surface area contributed by atoms with Crippen molar-refractivity contribution in [1.82, 2.24) is 0 Å². The number of aromatic hydroxyl groups is 8. The van der Waals surface area contributed by atoms with Crippen LogP contribution in [0.25, 0.3) is 0 Å². The Labute approximate surface area is 455 Å². The molecule has 0 saturated carbocycles. The van der Waals surface area contributed by atoms with Gasteiger partial charge in [-0.2, -0.15) is 0 Å². The Bertz CT molecular complexity index is 2040. The van der Waals surface area contributed by atoms with E-state index in [-0.39, 0.29) is 118 Å². The molecule has 0 aromatic heterocycles. The third-order valence-corrected chi connectivity index (χ3v) is 15.1. The zero-order chi connectivity index (χ0) is 56.0. The van der Waals surface area contributed by atoms with E-state index in [9.17, 15) is 40.9 Å². The first-order valence-electron chi connectivity index (χ1n) is 28.8. The van der Waals surface area contributed by atoms with Crippen molar-refractivity contribution in [2.45, 2.75) is 210 Å². The molecular formula is C64H96O12. The van der Waals surface area contributed by atoms with Crippen LogP contribution in [-0.2, 0) is 45.4 Å². The number of unbranched alkanes of at least 4 members (excludes halogenated alkanes) is 4. The normalized spacial score (nSPS) is 16.7. The Morgan fingerprint density at radius 3 is 0.592 bits per heavy atom. The zero-order valence-electron chi connectivity index (χ0n) is 48.3. The Kier molecular flexibility index (Phi) is 23.8. The number of hydrogen-bond acceptors (Lipinski definition) is 12. The molecule has 5 rings (SSSR count). The van der Waals surface area contributed by atoms with Crippen molar-refractivity contribution in [2.24, 2.45) is 23.7 Å². The molecule has 76 heavy (non-hydrogen) atoms. The van der Waals surface area contributed by atoms with Crippen LogP contribution in [0.2, 0.25) is 0 Å². The maximum Gasteiger partial charge on any atom is 0.128 e. The summed E-state index contributed by atoms with van der Waals surface area (Å²) in [7, 11) is 0. The van der Waals surface area contributed by atoms with Gasteiger partial charge in [0.25, 0.3) is 0 Å². The van der Waals surface area contributed by atoms with Crippen LogP contribution >= 0.6 is 0 Å². The van der Waals surface area contributed by atoms with Gasteiger partial charge in [-0.1, -0.05) is 109 Å². The first kappa shape index (κ1) is 62.0. The lowest BCUT2D eigenvalue weighted by Crippen LogP contribution is -2.16. The van der Waals surface area contributed by atoms with Crippen molar-refractivity contribution in [2.75, 3.05) is 26.4 Å². The van der Waals surface area contributed by atoms with Crippen LogP contribution in [0.5, 0.6) is 46.0 Å². The van der Waals surface area contributed by atoms with E-state index in [0.29, 0.717) is 96.6 Å². The van der Waals surface area contributed by atoms with Crippen molar-refractivity contribution < 1.29 is 59.8 Å². The maximum atomic E-state index is 12.8. The second-order valence-corrected chi connectivity index (χ2v) is 23.3. The Morgan fingerprint density at radius 1 is 0.303 bits per heavy atom. The van der Waals surface area contributed by atoms with Gasteiger partial charge in [0.15, 0.2) is 0 Å². The Balaban J connectivity index is 2.14. The fraction of sp³-hybridized carbons (Fsp3) is 0.625. The predicted octanol–water partition coefficient (Wildman–Crippen LogP) is 15.6. The molecule has 8 bridgehead atoms. The summed E-state index contributed by atoms with van der Waals surface area (Å²) in [5, 5.41) is 102. The van der Waals surface area contributed by atoms with E-state index >= 15 is 0 Å². The fourth-order valence-electron chi connectivity index (χ4n) is 11.0. The Morgan fingerprint density at radius 2 is 0.461 bits per heavy atom. The standard InChI is InChI=1S/C64H96O12/c1-13-17-21-73-33-53-57(65)45-29-46(58(53)66)42(26-38(7)8)48-31-50(62(70)55(60(48)68)35-75-23-19-15-3)44(28-40(11)12)52-32-51(63(71)56(64(52)72)36-76-24-20-16-4)43(27-39(9)10)49-30-47(41(45)25-37(5)6)59(67)54(61(49)69)34-74-22-18-14-2/h29-32,37-44,65-72H,13-28,33-36H2,1-12H3. The molecule has 4 aromatic carbocycles. The molecular weight excluding hydrogens is 961 g/mol. The first-order chi connectivity index (χ1) is 36.2. The first-order valence-corrected chi connectivity index (χ1v) is 28.8. The average molecular weight is 1060 g/mol. The molecule has 0 atom stereocenters. The summed E-state index contributed by atoms with van der Waals surface area (Å²) in [6, 6.07) is 7.23. The number of phenols is 8. The van der Waals surface area contributed by atoms with Crippen molar-refractivity contribution in [3.63, 3.8) is 0 Å². The predicted molar refractivity (Wildman–Crippen MR) is 303 cm³/mol. The minimum atomic E-state index is -0.747. The molecule has 0 aliphatic heterocycles. The van der Waals surface area contributed by atoms with Crippen LogP contribution in [-0.4, -0.2) is 67.3 Å². The fourth-order valence-corrected chi connectivity index (χ4v) is 11.0. The highest BCUT2D eigenvalue weighted by molar-refractivity contribution is 5.67. The van der Waals surface area contributed by atoms with Crippen LogP contribution in [0, 0.1) is 23.7 Å². The topological polar surface area (TPSA) is 199 Å². The van der Waals surface area contributed by atoms with Gasteiger partial charge in [0.05, 0.1) is 48.7 Å². The summed E-state index contributed by atoms with van der Waals surface area (Å²) in [5.74, 6) is -4.52. The van der Waals surface area contributed by atoms with Gasteiger partial charge in [-0.15, -0.1) is 0 Å². The van der Waals surface area contributed by atoms with E-state index in [1.807, 2.05) is 0 Å². The summed E-state index contributed by atoms with van der Waals surface area (Å²) < 4.78 is 24.9. The molecule has 12 heteroatoms. The number of benzene rings is 4. The SMILES string of the molecule is CCCCOCc1c(O)c2cc(c1O)C(CC(C)C)c1cc(c(O)c(COCCCC)c1O)C(CC(C)C)c1cc(c(O)c(COCCCC)c1O)C(CC(C)C)c1cc(c(O)c(COCCCC)c1O)C2CC(C)C. The highest BCUT2D eigenvalue weighted by Crippen LogP contribution is 2.56. The lowest BCUT2D eigenvalue weighted by Gasteiger charge is -2.33. The highest BCUT2D eigenvalue weighted by atomic mass is 16.5. The van der Waals surface area contributed by atoms with E-state index in [0.717, 1.165) is 51.4 Å². The molecule has 1 aliphatic carbocycles. The third-order valence-electron chi connectivity index (χ3n) is 15.1. The number of ether oxygens (including phenoxy) is 4. The van der Waals surface area contributed by atoms with Crippen LogP contribution in [0.1, 0.15) is 251 Å². The zero-order valence-corrected chi connectivity index (χ0v) is 48.3. The second-order valence-electron chi connectivity index (χ2n) is 23.3. The number of hydrogen-bond donors (Lipinski definition) is 8. The molecule has 0 saturated heterocycles. The van der Waals surface area contributed by atoms with Crippen molar-refractivity contribution in [1.29, 1.82) is 0 Å². The summed E-state index contributed by atoms with van der Waals surface area (Å²) in [6.07, 6.45) is 8.16. The van der Waals surface area contributed by atoms with Gasteiger partial charge in [0.1, 0.15) is 46.0 Å². The molecule has 0 spiro atoms. The quantitative estimate of drug-likeness (QED) is 0.0251. The van der Waals surface area contributed by atoms with E-state index in [2.05, 4.69) is 83.1 Å². The van der Waals surface area contributed by atoms with Crippen molar-refractivity contribution >= 4 is 0 Å². The third kappa shape index (κ3) is 14.8. The van der Waals surface area contributed by atoms with Crippen LogP contribution < -0.4 is 0 Å². The highest BCUT2D eigenvalue weighted by Gasteiger charge is 2.38. The van der Waals surface area contributed by atoms with E-state index in [1.54, 1.807) is 24.3 Å². The minimum absolute atomic E-state index is 0.00819. The minimum Gasteiger partial charge on any atom is -0.507 e. The number of fused-ring (bicyclic) bond motifs is 8. The maximum absolute atomic E-state index is 12.8. The van der Waals surface area contributed by atoms with Crippen LogP contribution in [0.3, 0.4) is 0 Å². The molecule has 12 nitrogen and oxygen atoms in total. The molecule has 0 amide bonds. The van der Waals surface area contributed by atoms with Gasteiger partial charge in [0, 0.05) is 94.6 Å². The summed E-state index contributed by atoms with van der Waals surface area (Å²) in [5.41, 5.74) is 4.03. The summed E-state index contributed by atoms with van der Waals surface area (Å²) in [6.45, 7) is 25.8. The second kappa shape index (κ2) is 29.2. The monoisotopic (exact) mass is 1060 g/mol. The largest absolute Gasteiger partial charge is 0.507 e. The molecule has 0 radical (unpaired) electrons. The lowest BCUT2D eigenvalue weighted by atomic mass is 9.73. The van der Waals surface area contributed by atoms with Gasteiger partial charge in [-0.25, -0.2) is 0 Å². The lowest BCUT2D eigenvalue weighted by molar-refractivity contribution is 0.114. The molecule has 0 fully saturated rings. The average Bonchev–Trinajstić information content (AvgIpc) is 3.35. The molecule has 0 unspecified atom stereocenters. The van der Waals surface area contributed by atoms with Crippen LogP contribution in [0.15, 0.2) is 24.3 Å². The van der Waals surface area contributed by atoms with E-state index < -0.39 is 23.7 Å². The molecule has 8 N–H and O–H groups in total. The van der Waals surface area contributed by atoms with Gasteiger partial charge in [-0.05, 0) is 99.3 Å². The summed E-state index contributed by atoms with van der Waals surface area (Å²) >= 11 is 0. The number of rotatable bonds is 28. The molecule has 1 aliphatic rings. The Hall–Kier alpha value is -4.88. The smallest absolute Gasteiger partial charge is 0.128 e. The van der Waals surface area contributed by atoms with Gasteiger partial charge in [-0.3, -0.25) is 0 Å². The van der Waals surface area contributed by atoms with Gasteiger partial charge in [0.2, 0.25) is 0 Å². The van der Waals surface area contributed by atoms with Crippen LogP contribution in [0.4, 0.5) is 0 Å². The van der Waals surface area contributed by atoms with Crippen molar-refractivity contribution in [3.05, 3.63) is 91.0 Å². The molecule has 0 heterocycles. The van der Waals surface area contributed by atoms with E-state index in [4.69, 9.17) is 18.9 Å². The van der Waals surface area contributed by atoms with Gasteiger partial charge < -0.3 is 59.8 Å². The van der Waals surface area contributed by atoms with Crippen molar-refractivity contribution in [3.8, 4) is 46.0 Å². The number of phenolic OH excluding ortho intramolecular Hbond substituents is 8. The molecule has 424 valence electrons. The molecule has 4 aromatic rings. The van der Waals surface area contributed by atoms with E-state index in [1.165, 1.54) is 0 Å².